The van der Waals surface area contributed by atoms with Gasteiger partial charge in [0.1, 0.15) is 6.54 Å². The highest BCUT2D eigenvalue weighted by atomic mass is 16.5. The summed E-state index contributed by atoms with van der Waals surface area (Å²) < 4.78 is 5.96. The monoisotopic (exact) mass is 433 g/mol. The Morgan fingerprint density at radius 3 is 2.41 bits per heavy atom. The molecule has 8 nitrogen and oxygen atoms in total. The van der Waals surface area contributed by atoms with Crippen molar-refractivity contribution in [3.8, 4) is 0 Å². The molecule has 1 aliphatic rings. The second-order valence-corrected chi connectivity index (χ2v) is 8.24. The number of nitrogens with one attached hydrogen (secondary N) is 1. The molecule has 3 aromatic rings. The van der Waals surface area contributed by atoms with Gasteiger partial charge in [-0.05, 0) is 23.8 Å². The number of benzene rings is 2. The van der Waals surface area contributed by atoms with E-state index in [1.54, 1.807) is 12.1 Å². The first kappa shape index (κ1) is 21.3. The molecule has 0 radical (unpaired) electrons. The SMILES string of the molecule is CN1/C(=C/C(=O)COC(=O)Cn2[nH]c(=O)c3ccccc3c2=O)C(C)(C)c2ccccc21. The summed E-state index contributed by atoms with van der Waals surface area (Å²) in [7, 11) is 1.89. The highest BCUT2D eigenvalue weighted by Gasteiger charge is 2.38. The minimum absolute atomic E-state index is 0.205. The average molecular weight is 433 g/mol. The van der Waals surface area contributed by atoms with Crippen molar-refractivity contribution in [3.05, 3.63) is 86.6 Å². The Labute approximate surface area is 183 Å². The highest BCUT2D eigenvalue weighted by Crippen LogP contribution is 2.46. The molecule has 8 heteroatoms. The van der Waals surface area contributed by atoms with Gasteiger partial charge in [0, 0.05) is 29.9 Å². The molecule has 0 atom stereocenters. The van der Waals surface area contributed by atoms with E-state index in [-0.39, 0.29) is 22.0 Å². The zero-order chi connectivity index (χ0) is 23.0. The molecule has 0 fully saturated rings. The van der Waals surface area contributed by atoms with Crippen molar-refractivity contribution < 1.29 is 14.3 Å². The number of ketones is 1. The van der Waals surface area contributed by atoms with Crippen LogP contribution < -0.4 is 16.0 Å². The van der Waals surface area contributed by atoms with Gasteiger partial charge in [-0.3, -0.25) is 24.3 Å². The Hall–Kier alpha value is -3.94. The van der Waals surface area contributed by atoms with E-state index in [2.05, 4.69) is 5.10 Å². The molecule has 0 amide bonds. The van der Waals surface area contributed by atoms with Crippen LogP contribution in [0.3, 0.4) is 0 Å². The van der Waals surface area contributed by atoms with Gasteiger partial charge in [0.25, 0.3) is 11.1 Å². The molecule has 0 saturated carbocycles. The number of rotatable bonds is 5. The fourth-order valence-electron chi connectivity index (χ4n) is 4.14. The number of aromatic nitrogens is 2. The number of hydrogen-bond donors (Lipinski definition) is 1. The number of H-pyrrole nitrogens is 1. The number of para-hydroxylation sites is 1. The molecule has 1 aliphatic heterocycles. The molecular formula is C24H23N3O5. The first-order valence-corrected chi connectivity index (χ1v) is 10.2. The van der Waals surface area contributed by atoms with Crippen LogP contribution in [-0.2, 0) is 26.3 Å². The van der Waals surface area contributed by atoms with Gasteiger partial charge in [0.15, 0.2) is 12.4 Å². The van der Waals surface area contributed by atoms with Crippen LogP contribution in [0.25, 0.3) is 10.8 Å². The van der Waals surface area contributed by atoms with E-state index in [0.717, 1.165) is 21.6 Å². The van der Waals surface area contributed by atoms with E-state index in [1.165, 1.54) is 18.2 Å². The summed E-state index contributed by atoms with van der Waals surface area (Å²) in [6.07, 6.45) is 1.48. The zero-order valence-electron chi connectivity index (χ0n) is 18.0. The third-order valence-electron chi connectivity index (χ3n) is 5.78. The number of hydrogen-bond acceptors (Lipinski definition) is 6. The van der Waals surface area contributed by atoms with Crippen LogP contribution in [0.5, 0.6) is 0 Å². The van der Waals surface area contributed by atoms with Crippen molar-refractivity contribution in [2.45, 2.75) is 25.8 Å². The average Bonchev–Trinajstić information content (AvgIpc) is 2.97. The lowest BCUT2D eigenvalue weighted by molar-refractivity contribution is -0.147. The first-order valence-electron chi connectivity index (χ1n) is 10.2. The summed E-state index contributed by atoms with van der Waals surface area (Å²) >= 11 is 0. The van der Waals surface area contributed by atoms with E-state index in [0.29, 0.717) is 0 Å². The summed E-state index contributed by atoms with van der Waals surface area (Å²) in [5, 5.41) is 2.82. The second kappa shape index (κ2) is 7.96. The van der Waals surface area contributed by atoms with Crippen molar-refractivity contribution in [2.24, 2.45) is 0 Å². The lowest BCUT2D eigenvalue weighted by atomic mass is 9.83. The van der Waals surface area contributed by atoms with Gasteiger partial charge in [-0.15, -0.1) is 0 Å². The number of likely N-dealkylation sites (N-methyl/N-ethyl adjacent to an activating group) is 1. The molecule has 0 aliphatic carbocycles. The quantitative estimate of drug-likeness (QED) is 0.489. The van der Waals surface area contributed by atoms with E-state index in [4.69, 9.17) is 4.74 Å². The molecule has 164 valence electrons. The van der Waals surface area contributed by atoms with Crippen LogP contribution in [0.4, 0.5) is 5.69 Å². The summed E-state index contributed by atoms with van der Waals surface area (Å²) in [4.78, 5) is 51.4. The first-order chi connectivity index (χ1) is 15.2. The minimum atomic E-state index is -0.799. The van der Waals surface area contributed by atoms with Crippen molar-refractivity contribution in [3.63, 3.8) is 0 Å². The van der Waals surface area contributed by atoms with Gasteiger partial charge in [0.05, 0.1) is 10.8 Å². The van der Waals surface area contributed by atoms with E-state index in [9.17, 15) is 19.2 Å². The second-order valence-electron chi connectivity index (χ2n) is 8.24. The highest BCUT2D eigenvalue weighted by molar-refractivity contribution is 5.94. The van der Waals surface area contributed by atoms with Crippen molar-refractivity contribution in [1.82, 2.24) is 9.78 Å². The predicted octanol–water partition coefficient (Wildman–Crippen LogP) is 2.11. The van der Waals surface area contributed by atoms with Gasteiger partial charge < -0.3 is 9.64 Å². The van der Waals surface area contributed by atoms with Crippen LogP contribution in [0, 0.1) is 0 Å². The number of carbonyl (C=O) groups is 2. The third-order valence-corrected chi connectivity index (χ3v) is 5.78. The third kappa shape index (κ3) is 3.64. The van der Waals surface area contributed by atoms with Crippen LogP contribution in [0.2, 0.25) is 0 Å². The standard InChI is InChI=1S/C24H23N3O5/c1-24(2)18-10-6-7-11-19(18)26(3)20(24)12-15(28)14-32-21(29)13-27-23(31)17-9-5-4-8-16(17)22(30)25-27/h4-12H,13-14H2,1-3H3,(H,25,30)/b20-12+. The minimum Gasteiger partial charge on any atom is -0.456 e. The summed E-state index contributed by atoms with van der Waals surface area (Å²) in [5.41, 5.74) is 1.56. The van der Waals surface area contributed by atoms with Crippen molar-refractivity contribution in [2.75, 3.05) is 18.6 Å². The number of esters is 1. The number of nitrogens with zero attached hydrogens (tertiary/aromatic N) is 2. The molecule has 1 N–H and O–H groups in total. The normalized spacial score (nSPS) is 15.7. The van der Waals surface area contributed by atoms with Crippen molar-refractivity contribution in [1.29, 1.82) is 0 Å². The van der Waals surface area contributed by atoms with Crippen LogP contribution in [0.1, 0.15) is 19.4 Å². The van der Waals surface area contributed by atoms with Crippen LogP contribution >= 0.6 is 0 Å². The maximum absolute atomic E-state index is 12.5. The number of aromatic amines is 1. The zero-order valence-corrected chi connectivity index (χ0v) is 18.0. The Morgan fingerprint density at radius 2 is 1.69 bits per heavy atom. The number of allylic oxidation sites excluding steroid dienone is 1. The van der Waals surface area contributed by atoms with E-state index in [1.807, 2.05) is 50.1 Å². The summed E-state index contributed by atoms with van der Waals surface area (Å²) in [5.74, 6) is -1.17. The summed E-state index contributed by atoms with van der Waals surface area (Å²) in [6, 6.07) is 14.3. The fraction of sp³-hybridized carbons (Fsp3) is 0.250. The van der Waals surface area contributed by atoms with Gasteiger partial charge in [-0.2, -0.15) is 0 Å². The molecule has 1 aromatic heterocycles. The van der Waals surface area contributed by atoms with Crippen molar-refractivity contribution >= 4 is 28.2 Å². The lowest BCUT2D eigenvalue weighted by Crippen LogP contribution is -2.33. The van der Waals surface area contributed by atoms with Gasteiger partial charge >= 0.3 is 5.97 Å². The molecule has 0 unspecified atom stereocenters. The van der Waals surface area contributed by atoms with Crippen LogP contribution in [-0.4, -0.2) is 35.2 Å². The molecule has 0 bridgehead atoms. The number of carbonyl (C=O) groups excluding carboxylic acids is 2. The van der Waals surface area contributed by atoms with E-state index < -0.39 is 30.2 Å². The Morgan fingerprint density at radius 1 is 1.03 bits per heavy atom. The topological polar surface area (TPSA) is 101 Å². The fourth-order valence-corrected chi connectivity index (χ4v) is 4.14. The van der Waals surface area contributed by atoms with Crippen LogP contribution in [0.15, 0.2) is 69.9 Å². The molecule has 0 spiro atoms. The maximum atomic E-state index is 12.5. The predicted molar refractivity (Wildman–Crippen MR) is 121 cm³/mol. The molecule has 2 aromatic carbocycles. The van der Waals surface area contributed by atoms with Gasteiger partial charge in [0.2, 0.25) is 0 Å². The molecule has 0 saturated heterocycles. The number of anilines is 1. The molecule has 2 heterocycles. The van der Waals surface area contributed by atoms with E-state index >= 15 is 0 Å². The smallest absolute Gasteiger partial charge is 0.328 e. The Balaban J connectivity index is 1.46. The van der Waals surface area contributed by atoms with Gasteiger partial charge in [-0.1, -0.05) is 44.2 Å². The Kier molecular flexibility index (Phi) is 5.30. The maximum Gasteiger partial charge on any atom is 0.328 e. The number of ether oxygens (including phenoxy) is 1. The van der Waals surface area contributed by atoms with Gasteiger partial charge in [-0.25, -0.2) is 4.68 Å². The molecular weight excluding hydrogens is 410 g/mol. The largest absolute Gasteiger partial charge is 0.456 e. The Bertz CT molecular complexity index is 1380. The number of fused-ring (bicyclic) bond motifs is 2. The molecule has 32 heavy (non-hydrogen) atoms. The molecule has 4 rings (SSSR count). The summed E-state index contributed by atoms with van der Waals surface area (Å²) in [6.45, 7) is 3.10. The lowest BCUT2D eigenvalue weighted by Gasteiger charge is -2.23.